The van der Waals surface area contributed by atoms with E-state index in [1.54, 1.807) is 6.20 Å². The number of hydrogen-bond acceptors (Lipinski definition) is 3. The van der Waals surface area contributed by atoms with E-state index in [0.717, 1.165) is 26.8 Å². The Hall–Kier alpha value is -2.40. The number of carbonyl (C=O) groups excluding carboxylic acids is 1. The lowest BCUT2D eigenvalue weighted by molar-refractivity contribution is -0.115. The third-order valence-corrected chi connectivity index (χ3v) is 3.90. The van der Waals surface area contributed by atoms with Gasteiger partial charge in [-0.05, 0) is 30.3 Å². The molecule has 1 heterocycles. The second kappa shape index (κ2) is 7.24. The van der Waals surface area contributed by atoms with Crippen molar-refractivity contribution in [2.45, 2.75) is 6.42 Å². The van der Waals surface area contributed by atoms with Crippen LogP contribution in [0.3, 0.4) is 0 Å². The summed E-state index contributed by atoms with van der Waals surface area (Å²) in [6.07, 6.45) is 2.16. The van der Waals surface area contributed by atoms with Crippen molar-refractivity contribution in [3.8, 4) is 0 Å². The standard InChI is InChI=1S/C18H16BrN3O/c19-14-6-2-7-15(12-14)22-17(23)9-11-20-16-8-1-4-13-5-3-10-21-18(13)16/h1-8,10,12,20H,9,11H2,(H,22,23). The number of amides is 1. The van der Waals surface area contributed by atoms with E-state index in [9.17, 15) is 4.79 Å². The van der Waals surface area contributed by atoms with E-state index in [4.69, 9.17) is 0 Å². The highest BCUT2D eigenvalue weighted by Crippen LogP contribution is 2.20. The van der Waals surface area contributed by atoms with Gasteiger partial charge in [-0.15, -0.1) is 0 Å². The molecule has 0 unspecified atom stereocenters. The second-order valence-corrected chi connectivity index (χ2v) is 6.03. The molecule has 2 N–H and O–H groups in total. The van der Waals surface area contributed by atoms with Crippen LogP contribution in [0, 0.1) is 0 Å². The number of pyridine rings is 1. The lowest BCUT2D eigenvalue weighted by atomic mass is 10.2. The first kappa shape index (κ1) is 15.5. The molecule has 0 aliphatic carbocycles. The molecular weight excluding hydrogens is 354 g/mol. The lowest BCUT2D eigenvalue weighted by Gasteiger charge is -2.09. The largest absolute Gasteiger partial charge is 0.383 e. The van der Waals surface area contributed by atoms with Crippen molar-refractivity contribution in [3.05, 3.63) is 65.3 Å². The van der Waals surface area contributed by atoms with Crippen molar-refractivity contribution in [2.24, 2.45) is 0 Å². The Morgan fingerprint density at radius 2 is 1.91 bits per heavy atom. The van der Waals surface area contributed by atoms with E-state index in [2.05, 4.69) is 31.5 Å². The van der Waals surface area contributed by atoms with E-state index in [1.807, 2.05) is 54.6 Å². The maximum atomic E-state index is 12.0. The van der Waals surface area contributed by atoms with E-state index in [0.29, 0.717) is 13.0 Å². The smallest absolute Gasteiger partial charge is 0.226 e. The van der Waals surface area contributed by atoms with Gasteiger partial charge in [0.25, 0.3) is 0 Å². The zero-order valence-corrected chi connectivity index (χ0v) is 14.0. The van der Waals surface area contributed by atoms with Crippen molar-refractivity contribution < 1.29 is 4.79 Å². The van der Waals surface area contributed by atoms with Crippen LogP contribution in [-0.2, 0) is 4.79 Å². The number of benzene rings is 2. The highest BCUT2D eigenvalue weighted by atomic mass is 79.9. The average Bonchev–Trinajstić information content (AvgIpc) is 2.55. The van der Waals surface area contributed by atoms with Crippen LogP contribution >= 0.6 is 15.9 Å². The van der Waals surface area contributed by atoms with Gasteiger partial charge in [0.05, 0.1) is 11.2 Å². The van der Waals surface area contributed by atoms with Gasteiger partial charge in [0.15, 0.2) is 0 Å². The van der Waals surface area contributed by atoms with Crippen molar-refractivity contribution in [3.63, 3.8) is 0 Å². The number of carbonyl (C=O) groups is 1. The topological polar surface area (TPSA) is 54.0 Å². The van der Waals surface area contributed by atoms with E-state index in [1.165, 1.54) is 0 Å². The number of para-hydroxylation sites is 1. The van der Waals surface area contributed by atoms with Crippen LogP contribution in [0.25, 0.3) is 10.9 Å². The minimum atomic E-state index is -0.0243. The minimum absolute atomic E-state index is 0.0243. The van der Waals surface area contributed by atoms with Crippen LogP contribution in [0.1, 0.15) is 6.42 Å². The highest BCUT2D eigenvalue weighted by Gasteiger charge is 2.04. The van der Waals surface area contributed by atoms with Crippen molar-refractivity contribution in [1.29, 1.82) is 0 Å². The molecule has 0 saturated heterocycles. The third-order valence-electron chi connectivity index (χ3n) is 3.41. The molecule has 3 aromatic rings. The van der Waals surface area contributed by atoms with Gasteiger partial charge in [0, 0.05) is 34.7 Å². The summed E-state index contributed by atoms with van der Waals surface area (Å²) in [7, 11) is 0. The van der Waals surface area contributed by atoms with Gasteiger partial charge in [-0.2, -0.15) is 0 Å². The van der Waals surface area contributed by atoms with Gasteiger partial charge in [0.1, 0.15) is 0 Å². The monoisotopic (exact) mass is 369 g/mol. The van der Waals surface area contributed by atoms with Crippen LogP contribution < -0.4 is 10.6 Å². The molecule has 1 aromatic heterocycles. The molecule has 0 aliphatic heterocycles. The molecule has 116 valence electrons. The predicted octanol–water partition coefficient (Wildman–Crippen LogP) is 4.44. The molecule has 2 aromatic carbocycles. The number of fused-ring (bicyclic) bond motifs is 1. The first-order valence-electron chi connectivity index (χ1n) is 7.35. The van der Waals surface area contributed by atoms with Crippen LogP contribution in [0.15, 0.2) is 65.3 Å². The van der Waals surface area contributed by atoms with Gasteiger partial charge >= 0.3 is 0 Å². The summed E-state index contributed by atoms with van der Waals surface area (Å²) in [5.74, 6) is -0.0243. The Kier molecular flexibility index (Phi) is 4.88. The fourth-order valence-electron chi connectivity index (χ4n) is 2.35. The second-order valence-electron chi connectivity index (χ2n) is 5.12. The maximum Gasteiger partial charge on any atom is 0.226 e. The van der Waals surface area contributed by atoms with E-state index < -0.39 is 0 Å². The van der Waals surface area contributed by atoms with Crippen LogP contribution in [0.4, 0.5) is 11.4 Å². The first-order valence-corrected chi connectivity index (χ1v) is 8.15. The highest BCUT2D eigenvalue weighted by molar-refractivity contribution is 9.10. The zero-order valence-electron chi connectivity index (χ0n) is 12.4. The van der Waals surface area contributed by atoms with Crippen molar-refractivity contribution in [1.82, 2.24) is 4.98 Å². The van der Waals surface area contributed by atoms with E-state index in [-0.39, 0.29) is 5.91 Å². The minimum Gasteiger partial charge on any atom is -0.383 e. The number of rotatable bonds is 5. The quantitative estimate of drug-likeness (QED) is 0.698. The van der Waals surface area contributed by atoms with Gasteiger partial charge in [0.2, 0.25) is 5.91 Å². The number of aromatic nitrogens is 1. The van der Waals surface area contributed by atoms with Gasteiger partial charge in [-0.25, -0.2) is 0 Å². The predicted molar refractivity (Wildman–Crippen MR) is 97.6 cm³/mol. The summed E-state index contributed by atoms with van der Waals surface area (Å²) in [5, 5.41) is 7.24. The summed E-state index contributed by atoms with van der Waals surface area (Å²) in [5.41, 5.74) is 2.65. The number of hydrogen-bond donors (Lipinski definition) is 2. The lowest BCUT2D eigenvalue weighted by Crippen LogP contribution is -2.16. The van der Waals surface area contributed by atoms with Gasteiger partial charge in [-0.3, -0.25) is 9.78 Å². The Labute approximate surface area is 143 Å². The molecule has 0 bridgehead atoms. The Balaban J connectivity index is 1.57. The molecule has 0 spiro atoms. The fraction of sp³-hybridized carbons (Fsp3) is 0.111. The molecule has 0 atom stereocenters. The molecule has 0 radical (unpaired) electrons. The van der Waals surface area contributed by atoms with Crippen molar-refractivity contribution >= 4 is 44.1 Å². The summed E-state index contributed by atoms with van der Waals surface area (Å²) in [6.45, 7) is 0.551. The fourth-order valence-corrected chi connectivity index (χ4v) is 2.75. The van der Waals surface area contributed by atoms with Crippen LogP contribution in [0.2, 0.25) is 0 Å². The molecular formula is C18H16BrN3O. The third kappa shape index (κ3) is 4.07. The normalized spacial score (nSPS) is 10.5. The number of anilines is 2. The maximum absolute atomic E-state index is 12.0. The number of nitrogens with zero attached hydrogens (tertiary/aromatic N) is 1. The molecule has 23 heavy (non-hydrogen) atoms. The molecule has 4 nitrogen and oxygen atoms in total. The zero-order chi connectivity index (χ0) is 16.1. The summed E-state index contributed by atoms with van der Waals surface area (Å²) < 4.78 is 0.940. The van der Waals surface area contributed by atoms with Crippen LogP contribution in [0.5, 0.6) is 0 Å². The molecule has 3 rings (SSSR count). The molecule has 0 fully saturated rings. The summed E-state index contributed by atoms with van der Waals surface area (Å²) in [6, 6.07) is 17.5. The SMILES string of the molecule is O=C(CCNc1cccc2cccnc12)Nc1cccc(Br)c1. The number of nitrogens with one attached hydrogen (secondary N) is 2. The average molecular weight is 370 g/mol. The Bertz CT molecular complexity index is 830. The molecule has 0 saturated carbocycles. The van der Waals surface area contributed by atoms with E-state index >= 15 is 0 Å². The Morgan fingerprint density at radius 1 is 1.09 bits per heavy atom. The van der Waals surface area contributed by atoms with Gasteiger partial charge in [-0.1, -0.05) is 40.2 Å². The molecule has 5 heteroatoms. The molecule has 0 aliphatic rings. The number of halogens is 1. The Morgan fingerprint density at radius 3 is 2.78 bits per heavy atom. The van der Waals surface area contributed by atoms with Gasteiger partial charge < -0.3 is 10.6 Å². The summed E-state index contributed by atoms with van der Waals surface area (Å²) >= 11 is 3.39. The van der Waals surface area contributed by atoms with Crippen LogP contribution in [-0.4, -0.2) is 17.4 Å². The first-order chi connectivity index (χ1) is 11.2. The van der Waals surface area contributed by atoms with Crippen molar-refractivity contribution in [2.75, 3.05) is 17.2 Å². The summed E-state index contributed by atoms with van der Waals surface area (Å²) in [4.78, 5) is 16.4. The molecule has 1 amide bonds.